The molecule has 0 radical (unpaired) electrons. The Hall–Kier alpha value is -2.56. The van der Waals surface area contributed by atoms with Crippen LogP contribution in [0.3, 0.4) is 0 Å². The SMILES string of the molecule is C=CCn1cc(C(=O)NCC(=O)N2CCCCC2)c2ccccc21. The second kappa shape index (κ2) is 7.34. The number of nitrogens with one attached hydrogen (secondary N) is 1. The second-order valence-electron chi connectivity index (χ2n) is 6.13. The maximum atomic E-state index is 12.5. The number of piperidine rings is 1. The van der Waals surface area contributed by atoms with E-state index >= 15 is 0 Å². The monoisotopic (exact) mass is 325 g/mol. The van der Waals surface area contributed by atoms with E-state index in [2.05, 4.69) is 11.9 Å². The van der Waals surface area contributed by atoms with Gasteiger partial charge in [0.25, 0.3) is 5.91 Å². The van der Waals surface area contributed by atoms with Gasteiger partial charge >= 0.3 is 0 Å². The molecule has 1 aromatic carbocycles. The van der Waals surface area contributed by atoms with Crippen LogP contribution in [0.15, 0.2) is 43.1 Å². The Balaban J connectivity index is 1.71. The Morgan fingerprint density at radius 1 is 1.17 bits per heavy atom. The number of carbonyl (C=O) groups is 2. The lowest BCUT2D eigenvalue weighted by atomic mass is 10.1. The third-order valence-corrected chi connectivity index (χ3v) is 4.47. The van der Waals surface area contributed by atoms with E-state index in [1.54, 1.807) is 6.08 Å². The highest BCUT2D eigenvalue weighted by molar-refractivity contribution is 6.07. The van der Waals surface area contributed by atoms with E-state index in [4.69, 9.17) is 0 Å². The van der Waals surface area contributed by atoms with Crippen LogP contribution in [0.5, 0.6) is 0 Å². The van der Waals surface area contributed by atoms with E-state index < -0.39 is 0 Å². The van der Waals surface area contributed by atoms with E-state index in [1.807, 2.05) is 39.9 Å². The number of benzene rings is 1. The Labute approximate surface area is 141 Å². The highest BCUT2D eigenvalue weighted by atomic mass is 16.2. The number of likely N-dealkylation sites (tertiary alicyclic amines) is 1. The molecule has 2 heterocycles. The van der Waals surface area contributed by atoms with Crippen LogP contribution >= 0.6 is 0 Å². The summed E-state index contributed by atoms with van der Waals surface area (Å²) in [5.74, 6) is -0.211. The van der Waals surface area contributed by atoms with Gasteiger partial charge in [-0.05, 0) is 25.3 Å². The van der Waals surface area contributed by atoms with E-state index in [0.29, 0.717) is 12.1 Å². The molecule has 0 bridgehead atoms. The fourth-order valence-corrected chi connectivity index (χ4v) is 3.22. The molecule has 1 aromatic heterocycles. The summed E-state index contributed by atoms with van der Waals surface area (Å²) in [5.41, 5.74) is 1.59. The first-order chi connectivity index (χ1) is 11.7. The molecule has 5 heteroatoms. The van der Waals surface area contributed by atoms with Crippen molar-refractivity contribution < 1.29 is 9.59 Å². The average Bonchev–Trinajstić information content (AvgIpc) is 2.99. The number of fused-ring (bicyclic) bond motifs is 1. The molecule has 1 N–H and O–H groups in total. The molecular formula is C19H23N3O2. The summed E-state index contributed by atoms with van der Waals surface area (Å²) in [6, 6.07) is 7.77. The van der Waals surface area contributed by atoms with Gasteiger partial charge < -0.3 is 14.8 Å². The van der Waals surface area contributed by atoms with Crippen LogP contribution in [-0.4, -0.2) is 40.9 Å². The number of rotatable bonds is 5. The molecule has 2 amide bonds. The first-order valence-electron chi connectivity index (χ1n) is 8.45. The minimum Gasteiger partial charge on any atom is -0.343 e. The van der Waals surface area contributed by atoms with Crippen molar-refractivity contribution in [2.75, 3.05) is 19.6 Å². The fourth-order valence-electron chi connectivity index (χ4n) is 3.22. The molecule has 0 saturated carbocycles. The number of para-hydroxylation sites is 1. The number of allylic oxidation sites excluding steroid dienone is 1. The lowest BCUT2D eigenvalue weighted by Gasteiger charge is -2.26. The van der Waals surface area contributed by atoms with E-state index in [-0.39, 0.29) is 18.4 Å². The minimum absolute atomic E-state index is 0.00196. The van der Waals surface area contributed by atoms with Crippen molar-refractivity contribution in [3.8, 4) is 0 Å². The number of nitrogens with zero attached hydrogens (tertiary/aromatic N) is 2. The zero-order valence-corrected chi connectivity index (χ0v) is 13.8. The van der Waals surface area contributed by atoms with E-state index in [1.165, 1.54) is 6.42 Å². The maximum absolute atomic E-state index is 12.5. The molecule has 0 unspecified atom stereocenters. The van der Waals surface area contributed by atoms with Gasteiger partial charge in [0.05, 0.1) is 12.1 Å². The van der Waals surface area contributed by atoms with Crippen molar-refractivity contribution >= 4 is 22.7 Å². The Kier molecular flexibility index (Phi) is 4.99. The van der Waals surface area contributed by atoms with Crippen molar-refractivity contribution in [1.82, 2.24) is 14.8 Å². The van der Waals surface area contributed by atoms with Gasteiger partial charge in [-0.25, -0.2) is 0 Å². The van der Waals surface area contributed by atoms with Crippen LogP contribution in [0.2, 0.25) is 0 Å². The van der Waals surface area contributed by atoms with Gasteiger partial charge in [0.2, 0.25) is 5.91 Å². The quantitative estimate of drug-likeness (QED) is 0.859. The molecule has 1 saturated heterocycles. The third kappa shape index (κ3) is 3.35. The van der Waals surface area contributed by atoms with Crippen LogP contribution < -0.4 is 5.32 Å². The molecule has 1 aliphatic rings. The van der Waals surface area contributed by atoms with Gasteiger partial charge in [0, 0.05) is 36.7 Å². The standard InChI is InChI=1S/C19H23N3O2/c1-2-10-22-14-16(15-8-4-5-9-17(15)22)19(24)20-13-18(23)21-11-6-3-7-12-21/h2,4-5,8-9,14H,1,3,6-7,10-13H2,(H,20,24). The summed E-state index contributed by atoms with van der Waals surface area (Å²) >= 11 is 0. The molecule has 2 aromatic rings. The van der Waals surface area contributed by atoms with Gasteiger partial charge in [-0.1, -0.05) is 24.3 Å². The number of amides is 2. The fraction of sp³-hybridized carbons (Fsp3) is 0.368. The summed E-state index contributed by atoms with van der Waals surface area (Å²) in [6.07, 6.45) is 6.91. The molecule has 5 nitrogen and oxygen atoms in total. The highest BCUT2D eigenvalue weighted by Gasteiger charge is 2.19. The molecule has 126 valence electrons. The normalized spacial score (nSPS) is 14.6. The van der Waals surface area contributed by atoms with Crippen molar-refractivity contribution in [2.45, 2.75) is 25.8 Å². The predicted octanol–water partition coefficient (Wildman–Crippen LogP) is 2.57. The van der Waals surface area contributed by atoms with Crippen LogP contribution in [0, 0.1) is 0 Å². The molecule has 1 aliphatic heterocycles. The lowest BCUT2D eigenvalue weighted by Crippen LogP contribution is -2.42. The molecular weight excluding hydrogens is 302 g/mol. The number of carbonyl (C=O) groups excluding carboxylic acids is 2. The molecule has 24 heavy (non-hydrogen) atoms. The smallest absolute Gasteiger partial charge is 0.253 e. The van der Waals surface area contributed by atoms with Crippen LogP contribution in [0.1, 0.15) is 29.6 Å². The highest BCUT2D eigenvalue weighted by Crippen LogP contribution is 2.21. The van der Waals surface area contributed by atoms with Crippen LogP contribution in [0.25, 0.3) is 10.9 Å². The summed E-state index contributed by atoms with van der Waals surface area (Å²) in [7, 11) is 0. The Bertz CT molecular complexity index is 757. The van der Waals surface area contributed by atoms with Crippen molar-refractivity contribution in [3.05, 3.63) is 48.7 Å². The summed E-state index contributed by atoms with van der Waals surface area (Å²) in [6.45, 7) is 6.05. The summed E-state index contributed by atoms with van der Waals surface area (Å²) in [4.78, 5) is 26.6. The van der Waals surface area contributed by atoms with E-state index in [9.17, 15) is 9.59 Å². The zero-order chi connectivity index (χ0) is 16.9. The average molecular weight is 325 g/mol. The molecule has 0 spiro atoms. The summed E-state index contributed by atoms with van der Waals surface area (Å²) < 4.78 is 1.99. The van der Waals surface area contributed by atoms with Crippen LogP contribution in [0.4, 0.5) is 0 Å². The molecule has 1 fully saturated rings. The number of hydrogen-bond acceptors (Lipinski definition) is 2. The number of hydrogen-bond donors (Lipinski definition) is 1. The van der Waals surface area contributed by atoms with Gasteiger partial charge in [0.15, 0.2) is 0 Å². The van der Waals surface area contributed by atoms with Gasteiger partial charge in [-0.3, -0.25) is 9.59 Å². The third-order valence-electron chi connectivity index (χ3n) is 4.47. The second-order valence-corrected chi connectivity index (χ2v) is 6.13. The molecule has 0 aliphatic carbocycles. The largest absolute Gasteiger partial charge is 0.343 e. The molecule has 0 atom stereocenters. The topological polar surface area (TPSA) is 54.3 Å². The predicted molar refractivity (Wildman–Crippen MR) is 94.9 cm³/mol. The van der Waals surface area contributed by atoms with Gasteiger partial charge in [-0.2, -0.15) is 0 Å². The minimum atomic E-state index is -0.209. The lowest BCUT2D eigenvalue weighted by molar-refractivity contribution is -0.130. The number of aromatic nitrogens is 1. The van der Waals surface area contributed by atoms with Gasteiger partial charge in [0.1, 0.15) is 0 Å². The van der Waals surface area contributed by atoms with Gasteiger partial charge in [-0.15, -0.1) is 6.58 Å². The zero-order valence-electron chi connectivity index (χ0n) is 13.8. The molecule has 3 rings (SSSR count). The van der Waals surface area contributed by atoms with Crippen molar-refractivity contribution in [1.29, 1.82) is 0 Å². The Morgan fingerprint density at radius 3 is 2.67 bits per heavy atom. The van der Waals surface area contributed by atoms with Crippen molar-refractivity contribution in [3.63, 3.8) is 0 Å². The maximum Gasteiger partial charge on any atom is 0.253 e. The summed E-state index contributed by atoms with van der Waals surface area (Å²) in [5, 5.41) is 3.67. The van der Waals surface area contributed by atoms with Crippen molar-refractivity contribution in [2.24, 2.45) is 0 Å². The van der Waals surface area contributed by atoms with E-state index in [0.717, 1.165) is 36.8 Å². The van der Waals surface area contributed by atoms with Crippen LogP contribution in [-0.2, 0) is 11.3 Å². The first kappa shape index (κ1) is 16.3. The first-order valence-corrected chi connectivity index (χ1v) is 8.45. The Morgan fingerprint density at radius 2 is 1.92 bits per heavy atom.